The molecule has 0 aromatic rings. The van der Waals surface area contributed by atoms with E-state index >= 15 is 0 Å². The molecule has 10 heteroatoms. The number of aliphatic hydroxyl groups is 1. The third-order valence-electron chi connectivity index (χ3n) is 2.27. The molecule has 7 N–H and O–H groups in total. The molecule has 20 heavy (non-hydrogen) atoms. The summed E-state index contributed by atoms with van der Waals surface area (Å²) in [4.78, 5) is 44.3. The van der Waals surface area contributed by atoms with Crippen molar-refractivity contribution in [3.05, 3.63) is 0 Å². The van der Waals surface area contributed by atoms with Crippen molar-refractivity contribution in [1.82, 2.24) is 10.6 Å². The van der Waals surface area contributed by atoms with Crippen LogP contribution in [0.25, 0.3) is 0 Å². The number of aliphatic carboxylic acids is 2. The van der Waals surface area contributed by atoms with Gasteiger partial charge < -0.3 is 31.7 Å². The Morgan fingerprint density at radius 2 is 1.65 bits per heavy atom. The van der Waals surface area contributed by atoms with Crippen LogP contribution in [0.3, 0.4) is 0 Å². The third-order valence-corrected chi connectivity index (χ3v) is 2.27. The maximum absolute atomic E-state index is 11.7. The summed E-state index contributed by atoms with van der Waals surface area (Å²) in [6, 6.07) is -4.04. The fraction of sp³-hybridized carbons (Fsp3) is 0.600. The second-order valence-corrected chi connectivity index (χ2v) is 4.02. The van der Waals surface area contributed by atoms with Crippen LogP contribution in [-0.2, 0) is 19.2 Å². The van der Waals surface area contributed by atoms with E-state index in [1.54, 1.807) is 0 Å². The van der Waals surface area contributed by atoms with E-state index < -0.39 is 54.9 Å². The van der Waals surface area contributed by atoms with Crippen molar-refractivity contribution in [2.24, 2.45) is 5.73 Å². The van der Waals surface area contributed by atoms with Gasteiger partial charge in [-0.15, -0.1) is 0 Å². The molecule has 0 saturated carbocycles. The summed E-state index contributed by atoms with van der Waals surface area (Å²) in [5.41, 5.74) is 5.21. The van der Waals surface area contributed by atoms with Crippen molar-refractivity contribution in [3.8, 4) is 0 Å². The number of aliphatic hydroxyl groups excluding tert-OH is 1. The Labute approximate surface area is 113 Å². The SMILES string of the molecule is C[C@H](NC(=O)[C@H](CC(=O)O)NC(=O)[C@@H](N)CO)C(=O)O. The minimum atomic E-state index is -1.49. The van der Waals surface area contributed by atoms with E-state index in [1.807, 2.05) is 10.6 Å². The molecule has 0 bridgehead atoms. The van der Waals surface area contributed by atoms with Crippen molar-refractivity contribution in [2.75, 3.05) is 6.61 Å². The van der Waals surface area contributed by atoms with Crippen LogP contribution >= 0.6 is 0 Å². The monoisotopic (exact) mass is 291 g/mol. The highest BCUT2D eigenvalue weighted by atomic mass is 16.4. The topological polar surface area (TPSA) is 179 Å². The van der Waals surface area contributed by atoms with Gasteiger partial charge in [-0.25, -0.2) is 0 Å². The van der Waals surface area contributed by atoms with Crippen molar-refractivity contribution in [2.45, 2.75) is 31.5 Å². The standard InChI is InChI=1S/C10H17N3O7/c1-4(10(19)20)12-9(18)6(2-7(15)16)13-8(17)5(11)3-14/h4-6,14H,2-3,11H2,1H3,(H,12,18)(H,13,17)(H,15,16)(H,19,20)/t4-,5-,6-/m0/s1. The first-order valence-electron chi connectivity index (χ1n) is 5.60. The van der Waals surface area contributed by atoms with Gasteiger partial charge in [-0.3, -0.25) is 19.2 Å². The number of hydrogen-bond donors (Lipinski definition) is 6. The van der Waals surface area contributed by atoms with Crippen LogP contribution in [0.1, 0.15) is 13.3 Å². The molecule has 3 atom stereocenters. The second kappa shape index (κ2) is 8.07. The molecule has 0 aromatic carbocycles. The molecule has 0 aromatic heterocycles. The van der Waals surface area contributed by atoms with E-state index in [2.05, 4.69) is 0 Å². The molecule has 0 radical (unpaired) electrons. The normalized spacial score (nSPS) is 14.8. The predicted molar refractivity (Wildman–Crippen MR) is 64.5 cm³/mol. The fourth-order valence-corrected chi connectivity index (χ4v) is 1.12. The van der Waals surface area contributed by atoms with E-state index in [4.69, 9.17) is 21.1 Å². The summed E-state index contributed by atoms with van der Waals surface area (Å²) in [6.45, 7) is 0.498. The van der Waals surface area contributed by atoms with Crippen molar-refractivity contribution >= 4 is 23.8 Å². The van der Waals surface area contributed by atoms with Gasteiger partial charge in [-0.2, -0.15) is 0 Å². The van der Waals surface area contributed by atoms with Gasteiger partial charge in [-0.05, 0) is 6.92 Å². The highest BCUT2D eigenvalue weighted by Gasteiger charge is 2.27. The van der Waals surface area contributed by atoms with Gasteiger partial charge in [0.25, 0.3) is 0 Å². The molecule has 0 heterocycles. The van der Waals surface area contributed by atoms with Gasteiger partial charge in [0.05, 0.1) is 13.0 Å². The number of nitrogens with two attached hydrogens (primary N) is 1. The summed E-state index contributed by atoms with van der Waals surface area (Å²) in [6.07, 6.45) is -0.748. The smallest absolute Gasteiger partial charge is 0.325 e. The quantitative estimate of drug-likeness (QED) is 0.271. The van der Waals surface area contributed by atoms with Gasteiger partial charge in [-0.1, -0.05) is 0 Å². The first kappa shape index (κ1) is 17.8. The second-order valence-electron chi connectivity index (χ2n) is 4.02. The zero-order chi connectivity index (χ0) is 15.9. The number of carboxylic acid groups (broad SMARTS) is 2. The van der Waals surface area contributed by atoms with E-state index in [-0.39, 0.29) is 0 Å². The molecule has 0 rings (SSSR count). The molecule has 0 saturated heterocycles. The average molecular weight is 291 g/mol. The number of carboxylic acids is 2. The lowest BCUT2D eigenvalue weighted by Gasteiger charge is -2.19. The maximum Gasteiger partial charge on any atom is 0.325 e. The van der Waals surface area contributed by atoms with E-state index in [0.29, 0.717) is 0 Å². The Kier molecular flexibility index (Phi) is 7.18. The van der Waals surface area contributed by atoms with E-state index in [0.717, 1.165) is 0 Å². The number of rotatable bonds is 8. The van der Waals surface area contributed by atoms with Crippen molar-refractivity contribution in [1.29, 1.82) is 0 Å². The third kappa shape index (κ3) is 6.11. The Morgan fingerprint density at radius 3 is 2.05 bits per heavy atom. The molecule has 114 valence electrons. The van der Waals surface area contributed by atoms with E-state index in [1.165, 1.54) is 6.92 Å². The van der Waals surface area contributed by atoms with Gasteiger partial charge in [0.15, 0.2) is 0 Å². The molecule has 0 unspecified atom stereocenters. The summed E-state index contributed by atoms with van der Waals surface area (Å²) in [5.74, 6) is -4.57. The minimum Gasteiger partial charge on any atom is -0.481 e. The van der Waals surface area contributed by atoms with Crippen LogP contribution in [0.15, 0.2) is 0 Å². The predicted octanol–water partition coefficient (Wildman–Crippen LogP) is -3.15. The van der Waals surface area contributed by atoms with Gasteiger partial charge in [0, 0.05) is 0 Å². The van der Waals surface area contributed by atoms with E-state index in [9.17, 15) is 19.2 Å². The first-order valence-corrected chi connectivity index (χ1v) is 5.60. The number of amides is 2. The highest BCUT2D eigenvalue weighted by Crippen LogP contribution is 1.96. The molecule has 0 aliphatic carbocycles. The molecular formula is C10H17N3O7. The minimum absolute atomic E-state index is 0.682. The molecule has 10 nitrogen and oxygen atoms in total. The zero-order valence-corrected chi connectivity index (χ0v) is 10.7. The van der Waals surface area contributed by atoms with Gasteiger partial charge in [0.2, 0.25) is 11.8 Å². The summed E-state index contributed by atoms with van der Waals surface area (Å²) in [7, 11) is 0. The Bertz CT molecular complexity index is 398. The van der Waals surface area contributed by atoms with Crippen LogP contribution in [0.4, 0.5) is 0 Å². The average Bonchev–Trinajstić information content (AvgIpc) is 2.35. The van der Waals surface area contributed by atoms with Crippen molar-refractivity contribution in [3.63, 3.8) is 0 Å². The van der Waals surface area contributed by atoms with Crippen LogP contribution in [0.5, 0.6) is 0 Å². The Balaban J connectivity index is 4.79. The molecular weight excluding hydrogens is 274 g/mol. The summed E-state index contributed by atoms with van der Waals surface area (Å²) in [5, 5.41) is 30.0. The summed E-state index contributed by atoms with van der Waals surface area (Å²) < 4.78 is 0. The maximum atomic E-state index is 11.7. The van der Waals surface area contributed by atoms with Gasteiger partial charge in [0.1, 0.15) is 18.1 Å². The zero-order valence-electron chi connectivity index (χ0n) is 10.7. The molecule has 0 fully saturated rings. The Morgan fingerprint density at radius 1 is 1.10 bits per heavy atom. The molecule has 2 amide bonds. The number of carbonyl (C=O) groups is 4. The number of hydrogen-bond acceptors (Lipinski definition) is 6. The number of carbonyl (C=O) groups excluding carboxylic acids is 2. The molecule has 0 spiro atoms. The van der Waals surface area contributed by atoms with Crippen LogP contribution in [0.2, 0.25) is 0 Å². The lowest BCUT2D eigenvalue weighted by molar-refractivity contribution is -0.143. The fourth-order valence-electron chi connectivity index (χ4n) is 1.12. The largest absolute Gasteiger partial charge is 0.481 e. The van der Waals surface area contributed by atoms with Crippen LogP contribution in [-0.4, -0.2) is 63.8 Å². The molecule has 0 aliphatic heterocycles. The summed E-state index contributed by atoms with van der Waals surface area (Å²) >= 11 is 0. The molecule has 0 aliphatic rings. The Hall–Kier alpha value is -2.20. The van der Waals surface area contributed by atoms with Crippen molar-refractivity contribution < 1.29 is 34.5 Å². The highest BCUT2D eigenvalue weighted by molar-refractivity contribution is 5.93. The van der Waals surface area contributed by atoms with Crippen LogP contribution in [0, 0.1) is 0 Å². The van der Waals surface area contributed by atoms with Gasteiger partial charge >= 0.3 is 11.9 Å². The first-order chi connectivity index (χ1) is 9.18. The van der Waals surface area contributed by atoms with Crippen LogP contribution < -0.4 is 16.4 Å². The lowest BCUT2D eigenvalue weighted by Crippen LogP contribution is -2.55. The number of nitrogens with one attached hydrogen (secondary N) is 2. The lowest BCUT2D eigenvalue weighted by atomic mass is 10.1.